The third-order valence-electron chi connectivity index (χ3n) is 5.08. The zero-order valence-corrected chi connectivity index (χ0v) is 16.9. The highest BCUT2D eigenvalue weighted by Crippen LogP contribution is 2.21. The van der Waals surface area contributed by atoms with Gasteiger partial charge in [-0.3, -0.25) is 24.0 Å². The fourth-order valence-corrected chi connectivity index (χ4v) is 3.08. The summed E-state index contributed by atoms with van der Waals surface area (Å²) in [5.74, 6) is -4.51. The van der Waals surface area contributed by atoms with Crippen molar-refractivity contribution in [3.05, 3.63) is 0 Å². The van der Waals surface area contributed by atoms with Crippen molar-refractivity contribution >= 4 is 29.7 Å². The molecular formula is C18H30N4O7. The molecule has 1 rings (SSSR count). The Hall–Kier alpha value is -2.69. The Labute approximate surface area is 169 Å². The van der Waals surface area contributed by atoms with Crippen molar-refractivity contribution in [2.75, 3.05) is 6.54 Å². The summed E-state index contributed by atoms with van der Waals surface area (Å²) in [4.78, 5) is 60.9. The molecule has 0 aromatic carbocycles. The number of likely N-dealkylation sites (tertiary alicyclic amines) is 1. The predicted molar refractivity (Wildman–Crippen MR) is 102 cm³/mol. The monoisotopic (exact) mass is 414 g/mol. The Kier molecular flexibility index (Phi) is 9.02. The fourth-order valence-electron chi connectivity index (χ4n) is 3.08. The van der Waals surface area contributed by atoms with Gasteiger partial charge in [0, 0.05) is 6.54 Å². The molecule has 5 unspecified atom stereocenters. The normalized spacial score (nSPS) is 20.3. The average molecular weight is 414 g/mol. The van der Waals surface area contributed by atoms with E-state index in [0.717, 1.165) is 0 Å². The van der Waals surface area contributed by atoms with Crippen molar-refractivity contribution in [1.82, 2.24) is 15.5 Å². The van der Waals surface area contributed by atoms with Crippen molar-refractivity contribution in [3.63, 3.8) is 0 Å². The summed E-state index contributed by atoms with van der Waals surface area (Å²) >= 11 is 0. The molecule has 0 aliphatic carbocycles. The van der Waals surface area contributed by atoms with Crippen LogP contribution in [0.25, 0.3) is 0 Å². The average Bonchev–Trinajstić information content (AvgIpc) is 3.13. The third-order valence-corrected chi connectivity index (χ3v) is 5.08. The number of rotatable bonds is 10. The second kappa shape index (κ2) is 10.7. The van der Waals surface area contributed by atoms with Crippen LogP contribution in [0.3, 0.4) is 0 Å². The lowest BCUT2D eigenvalue weighted by atomic mass is 9.96. The number of nitrogens with two attached hydrogens (primary N) is 1. The summed E-state index contributed by atoms with van der Waals surface area (Å²) in [6, 6.07) is -4.21. The second-order valence-corrected chi connectivity index (χ2v) is 7.33. The van der Waals surface area contributed by atoms with Crippen LogP contribution in [-0.4, -0.2) is 75.5 Å². The van der Waals surface area contributed by atoms with Crippen LogP contribution in [0.15, 0.2) is 0 Å². The molecule has 1 aliphatic heterocycles. The summed E-state index contributed by atoms with van der Waals surface area (Å²) in [6.07, 6.45) is 0.912. The van der Waals surface area contributed by atoms with Crippen LogP contribution < -0.4 is 16.4 Å². The van der Waals surface area contributed by atoms with Crippen molar-refractivity contribution in [1.29, 1.82) is 0 Å². The number of hydrogen-bond donors (Lipinski definition) is 5. The van der Waals surface area contributed by atoms with E-state index in [0.29, 0.717) is 25.8 Å². The molecular weight excluding hydrogens is 384 g/mol. The first-order chi connectivity index (χ1) is 13.5. The molecule has 0 aromatic rings. The Morgan fingerprint density at radius 1 is 1.14 bits per heavy atom. The number of hydrogen-bond acceptors (Lipinski definition) is 6. The number of carboxylic acid groups (broad SMARTS) is 2. The second-order valence-electron chi connectivity index (χ2n) is 7.33. The molecule has 164 valence electrons. The predicted octanol–water partition coefficient (Wildman–Crippen LogP) is -1.10. The molecule has 5 atom stereocenters. The van der Waals surface area contributed by atoms with E-state index in [1.165, 1.54) is 11.8 Å². The minimum absolute atomic E-state index is 0.286. The van der Waals surface area contributed by atoms with E-state index in [4.69, 9.17) is 15.9 Å². The standard InChI is InChI=1S/C18H30N4O7/c1-4-9(2)14(21-15(25)11(19)8-13(23)24)17(27)22-7-5-6-12(22)16(26)20-10(3)18(28)29/h9-12,14H,4-8,19H2,1-3H3,(H,20,26)(H,21,25)(H,23,24)(H,28,29). The lowest BCUT2D eigenvalue weighted by Crippen LogP contribution is -2.58. The van der Waals surface area contributed by atoms with Gasteiger partial charge in [-0.25, -0.2) is 0 Å². The maximum atomic E-state index is 13.1. The molecule has 11 heteroatoms. The smallest absolute Gasteiger partial charge is 0.325 e. The number of carboxylic acids is 2. The molecule has 0 spiro atoms. The van der Waals surface area contributed by atoms with E-state index in [2.05, 4.69) is 10.6 Å². The van der Waals surface area contributed by atoms with Gasteiger partial charge in [0.05, 0.1) is 12.5 Å². The highest BCUT2D eigenvalue weighted by molar-refractivity contribution is 5.95. The van der Waals surface area contributed by atoms with Gasteiger partial charge in [0.15, 0.2) is 0 Å². The summed E-state index contributed by atoms with van der Waals surface area (Å²) in [6.45, 7) is 5.20. The van der Waals surface area contributed by atoms with Crippen LogP contribution >= 0.6 is 0 Å². The van der Waals surface area contributed by atoms with Gasteiger partial charge < -0.3 is 31.5 Å². The molecule has 0 radical (unpaired) electrons. The maximum Gasteiger partial charge on any atom is 0.325 e. The lowest BCUT2D eigenvalue weighted by Gasteiger charge is -2.32. The van der Waals surface area contributed by atoms with Crippen LogP contribution in [0.2, 0.25) is 0 Å². The van der Waals surface area contributed by atoms with E-state index >= 15 is 0 Å². The molecule has 29 heavy (non-hydrogen) atoms. The van der Waals surface area contributed by atoms with Crippen LogP contribution in [0.1, 0.15) is 46.5 Å². The zero-order chi connectivity index (χ0) is 22.3. The molecule has 11 nitrogen and oxygen atoms in total. The van der Waals surface area contributed by atoms with Crippen molar-refractivity contribution in [3.8, 4) is 0 Å². The minimum atomic E-state index is -1.30. The van der Waals surface area contributed by atoms with E-state index in [1.807, 2.05) is 6.92 Å². The molecule has 0 bridgehead atoms. The number of nitrogens with zero attached hydrogens (tertiary/aromatic N) is 1. The molecule has 0 aromatic heterocycles. The van der Waals surface area contributed by atoms with Gasteiger partial charge in [0.1, 0.15) is 18.1 Å². The summed E-state index contributed by atoms with van der Waals surface area (Å²) in [5.41, 5.74) is 5.58. The van der Waals surface area contributed by atoms with Crippen LogP contribution in [-0.2, 0) is 24.0 Å². The first-order valence-corrected chi connectivity index (χ1v) is 9.60. The van der Waals surface area contributed by atoms with Gasteiger partial charge in [0.2, 0.25) is 17.7 Å². The van der Waals surface area contributed by atoms with E-state index in [1.54, 1.807) is 6.92 Å². The minimum Gasteiger partial charge on any atom is -0.481 e. The SMILES string of the molecule is CCC(C)C(NC(=O)C(N)CC(=O)O)C(=O)N1CCCC1C(=O)NC(C)C(=O)O. The molecule has 3 amide bonds. The van der Waals surface area contributed by atoms with Crippen LogP contribution in [0.4, 0.5) is 0 Å². The quantitative estimate of drug-likeness (QED) is 0.299. The summed E-state index contributed by atoms with van der Waals surface area (Å²) in [5, 5.41) is 22.6. The Balaban J connectivity index is 2.94. The molecule has 1 heterocycles. The Bertz CT molecular complexity index is 654. The van der Waals surface area contributed by atoms with Gasteiger partial charge >= 0.3 is 11.9 Å². The van der Waals surface area contributed by atoms with E-state index < -0.39 is 60.2 Å². The molecule has 1 saturated heterocycles. The van der Waals surface area contributed by atoms with E-state index in [-0.39, 0.29) is 5.92 Å². The summed E-state index contributed by atoms with van der Waals surface area (Å²) in [7, 11) is 0. The maximum absolute atomic E-state index is 13.1. The lowest BCUT2D eigenvalue weighted by molar-refractivity contribution is -0.145. The summed E-state index contributed by atoms with van der Waals surface area (Å²) < 4.78 is 0. The van der Waals surface area contributed by atoms with Gasteiger partial charge in [0.25, 0.3) is 0 Å². The molecule has 6 N–H and O–H groups in total. The Morgan fingerprint density at radius 2 is 1.76 bits per heavy atom. The first kappa shape index (κ1) is 24.3. The number of carbonyl (C=O) groups is 5. The highest BCUT2D eigenvalue weighted by atomic mass is 16.4. The van der Waals surface area contributed by atoms with E-state index in [9.17, 15) is 24.0 Å². The fraction of sp³-hybridized carbons (Fsp3) is 0.722. The first-order valence-electron chi connectivity index (χ1n) is 9.60. The van der Waals surface area contributed by atoms with Gasteiger partial charge in [-0.15, -0.1) is 0 Å². The highest BCUT2D eigenvalue weighted by Gasteiger charge is 2.40. The van der Waals surface area contributed by atoms with Gasteiger partial charge in [-0.1, -0.05) is 20.3 Å². The van der Waals surface area contributed by atoms with Crippen LogP contribution in [0, 0.1) is 5.92 Å². The van der Waals surface area contributed by atoms with Crippen LogP contribution in [0.5, 0.6) is 0 Å². The zero-order valence-electron chi connectivity index (χ0n) is 16.9. The number of aliphatic carboxylic acids is 2. The third kappa shape index (κ3) is 6.70. The van der Waals surface area contributed by atoms with Gasteiger partial charge in [-0.05, 0) is 25.7 Å². The Morgan fingerprint density at radius 3 is 2.28 bits per heavy atom. The van der Waals surface area contributed by atoms with Crippen molar-refractivity contribution in [2.24, 2.45) is 11.7 Å². The molecule has 1 aliphatic rings. The number of carbonyl (C=O) groups excluding carboxylic acids is 3. The molecule has 1 fully saturated rings. The molecule has 0 saturated carbocycles. The van der Waals surface area contributed by atoms with Crippen molar-refractivity contribution in [2.45, 2.75) is 70.6 Å². The van der Waals surface area contributed by atoms with Crippen molar-refractivity contribution < 1.29 is 34.2 Å². The van der Waals surface area contributed by atoms with Gasteiger partial charge in [-0.2, -0.15) is 0 Å². The largest absolute Gasteiger partial charge is 0.481 e. The topological polar surface area (TPSA) is 179 Å². The number of amides is 3. The number of nitrogens with one attached hydrogen (secondary N) is 2.